The number of carbonyl (C=O) groups is 1. The second kappa shape index (κ2) is 6.88. The number of rotatable bonds is 3. The van der Waals surface area contributed by atoms with Gasteiger partial charge in [0.25, 0.3) is 0 Å². The molecule has 0 aliphatic carbocycles. The van der Waals surface area contributed by atoms with Gasteiger partial charge in [0.1, 0.15) is 18.6 Å². The molecule has 0 aromatic heterocycles. The lowest BCUT2D eigenvalue weighted by Gasteiger charge is -2.27. The zero-order valence-electron chi connectivity index (χ0n) is 12.3. The van der Waals surface area contributed by atoms with Crippen molar-refractivity contribution in [1.82, 2.24) is 4.90 Å². The van der Waals surface area contributed by atoms with Crippen molar-refractivity contribution >= 4 is 11.8 Å². The molecule has 21 heavy (non-hydrogen) atoms. The fraction of sp³-hybridized carbons (Fsp3) is 0.400. The van der Waals surface area contributed by atoms with Gasteiger partial charge in [0, 0.05) is 5.69 Å². The molecule has 6 nitrogen and oxygen atoms in total. The van der Waals surface area contributed by atoms with E-state index in [2.05, 4.69) is 0 Å². The number of benzene rings is 1. The van der Waals surface area contributed by atoms with Crippen molar-refractivity contribution in [1.29, 1.82) is 0 Å². The van der Waals surface area contributed by atoms with Crippen molar-refractivity contribution in [3.8, 4) is 5.75 Å². The number of nitrogen functional groups attached to an aromatic ring is 1. The molecule has 2 rings (SSSR count). The first kappa shape index (κ1) is 15.0. The third-order valence-corrected chi connectivity index (χ3v) is 3.09. The molecule has 114 valence electrons. The summed E-state index contributed by atoms with van der Waals surface area (Å²) in [5.74, 6) is 1.26. The van der Waals surface area contributed by atoms with Gasteiger partial charge in [0.05, 0.1) is 19.7 Å². The van der Waals surface area contributed by atoms with E-state index in [1.807, 2.05) is 13.0 Å². The first-order valence-electron chi connectivity index (χ1n) is 6.86. The summed E-state index contributed by atoms with van der Waals surface area (Å²) >= 11 is 0. The fourth-order valence-corrected chi connectivity index (χ4v) is 1.90. The fourth-order valence-electron chi connectivity index (χ4n) is 1.90. The van der Waals surface area contributed by atoms with Crippen LogP contribution in [0.4, 0.5) is 10.5 Å². The number of amides is 1. The molecular formula is C15H20N2O4. The molecule has 1 saturated heterocycles. The minimum Gasteiger partial charge on any atom is -0.491 e. The van der Waals surface area contributed by atoms with E-state index >= 15 is 0 Å². The highest BCUT2D eigenvalue weighted by molar-refractivity contribution is 5.68. The summed E-state index contributed by atoms with van der Waals surface area (Å²) in [5, 5.41) is 0. The molecule has 1 heterocycles. The summed E-state index contributed by atoms with van der Waals surface area (Å²) in [5.41, 5.74) is 7.42. The van der Waals surface area contributed by atoms with Crippen LogP contribution >= 0.6 is 0 Å². The van der Waals surface area contributed by atoms with E-state index in [-0.39, 0.29) is 6.09 Å². The molecule has 0 radical (unpaired) electrons. The van der Waals surface area contributed by atoms with Gasteiger partial charge in [-0.1, -0.05) is 0 Å². The molecule has 1 aromatic carbocycles. The summed E-state index contributed by atoms with van der Waals surface area (Å²) < 4.78 is 16.0. The highest BCUT2D eigenvalue weighted by atomic mass is 16.6. The highest BCUT2D eigenvalue weighted by Crippen LogP contribution is 2.19. The maximum atomic E-state index is 11.7. The van der Waals surface area contributed by atoms with E-state index in [0.717, 1.165) is 11.3 Å². The number of carbonyl (C=O) groups excluding carboxylic acids is 1. The van der Waals surface area contributed by atoms with Gasteiger partial charge in [-0.2, -0.15) is 0 Å². The first-order valence-corrected chi connectivity index (χ1v) is 6.86. The molecule has 0 atom stereocenters. The van der Waals surface area contributed by atoms with Crippen molar-refractivity contribution in [3.63, 3.8) is 0 Å². The molecule has 1 amide bonds. The lowest BCUT2D eigenvalue weighted by Crippen LogP contribution is -2.40. The average Bonchev–Trinajstić information content (AvgIpc) is 2.49. The summed E-state index contributed by atoms with van der Waals surface area (Å²) in [6.07, 6.45) is 1.17. The van der Waals surface area contributed by atoms with Crippen LogP contribution in [0.1, 0.15) is 12.5 Å². The maximum absolute atomic E-state index is 11.7. The largest absolute Gasteiger partial charge is 0.491 e. The van der Waals surface area contributed by atoms with Crippen LogP contribution < -0.4 is 10.5 Å². The van der Waals surface area contributed by atoms with E-state index < -0.39 is 0 Å². The van der Waals surface area contributed by atoms with Gasteiger partial charge in [0.2, 0.25) is 0 Å². The van der Waals surface area contributed by atoms with Crippen molar-refractivity contribution in [2.45, 2.75) is 13.8 Å². The number of hydrogen-bond acceptors (Lipinski definition) is 5. The molecule has 2 N–H and O–H groups in total. The predicted octanol–water partition coefficient (Wildman–Crippen LogP) is 2.29. The lowest BCUT2D eigenvalue weighted by atomic mass is 10.2. The number of ether oxygens (including phenoxy) is 3. The summed E-state index contributed by atoms with van der Waals surface area (Å²) in [6, 6.07) is 5.42. The van der Waals surface area contributed by atoms with E-state index in [4.69, 9.17) is 19.9 Å². The molecule has 0 saturated carbocycles. The normalized spacial score (nSPS) is 16.5. The average molecular weight is 292 g/mol. The Labute approximate surface area is 124 Å². The van der Waals surface area contributed by atoms with Gasteiger partial charge in [-0.15, -0.1) is 0 Å². The standard InChI is InChI=1S/C15H20N2O4/c1-3-19-15(18)17-6-7-20-13(9-17)10-21-12-4-5-14(16)11(2)8-12/h4-5,8,10H,3,6-7,9,16H2,1-2H3. The van der Waals surface area contributed by atoms with Crippen LogP contribution in [-0.4, -0.2) is 37.3 Å². The monoisotopic (exact) mass is 292 g/mol. The van der Waals surface area contributed by atoms with Crippen LogP contribution in [0.15, 0.2) is 30.2 Å². The van der Waals surface area contributed by atoms with Crippen molar-refractivity contribution in [2.24, 2.45) is 0 Å². The number of hydrogen-bond donors (Lipinski definition) is 1. The Bertz CT molecular complexity index is 542. The van der Waals surface area contributed by atoms with Crippen LogP contribution in [-0.2, 0) is 9.47 Å². The number of morpholine rings is 1. The van der Waals surface area contributed by atoms with Crippen LogP contribution in [0.2, 0.25) is 0 Å². The predicted molar refractivity (Wildman–Crippen MR) is 78.8 cm³/mol. The zero-order valence-corrected chi connectivity index (χ0v) is 12.3. The maximum Gasteiger partial charge on any atom is 0.410 e. The Morgan fingerprint density at radius 2 is 2.33 bits per heavy atom. The van der Waals surface area contributed by atoms with Gasteiger partial charge < -0.3 is 19.9 Å². The number of nitrogens with zero attached hydrogens (tertiary/aromatic N) is 1. The van der Waals surface area contributed by atoms with Gasteiger partial charge in [-0.3, -0.25) is 4.90 Å². The van der Waals surface area contributed by atoms with Gasteiger partial charge in [-0.25, -0.2) is 4.79 Å². The lowest BCUT2D eigenvalue weighted by molar-refractivity contribution is 0.0616. The van der Waals surface area contributed by atoms with Crippen molar-refractivity contribution < 1.29 is 19.0 Å². The molecule has 6 heteroatoms. The Hall–Kier alpha value is -2.37. The molecule has 0 spiro atoms. The molecule has 1 aliphatic heterocycles. The Balaban J connectivity index is 1.97. The first-order chi connectivity index (χ1) is 10.1. The van der Waals surface area contributed by atoms with E-state index in [9.17, 15) is 4.79 Å². The molecule has 0 unspecified atom stereocenters. The van der Waals surface area contributed by atoms with Crippen molar-refractivity contribution in [3.05, 3.63) is 35.8 Å². The molecular weight excluding hydrogens is 272 g/mol. The molecule has 1 aromatic rings. The number of anilines is 1. The SMILES string of the molecule is CCOC(=O)N1CCOC(=COc2ccc(N)c(C)c2)C1. The molecule has 0 bridgehead atoms. The van der Waals surface area contributed by atoms with E-state index in [1.165, 1.54) is 6.26 Å². The van der Waals surface area contributed by atoms with Crippen LogP contribution in [0.25, 0.3) is 0 Å². The topological polar surface area (TPSA) is 74.0 Å². The summed E-state index contributed by atoms with van der Waals surface area (Å²) in [4.78, 5) is 13.2. The Morgan fingerprint density at radius 1 is 1.52 bits per heavy atom. The summed E-state index contributed by atoms with van der Waals surface area (Å²) in [6.45, 7) is 5.33. The second-order valence-corrected chi connectivity index (χ2v) is 4.69. The molecule has 1 fully saturated rings. The molecule has 1 aliphatic rings. The summed E-state index contributed by atoms with van der Waals surface area (Å²) in [7, 11) is 0. The minimum absolute atomic E-state index is 0.338. The van der Waals surface area contributed by atoms with E-state index in [1.54, 1.807) is 24.0 Å². The smallest absolute Gasteiger partial charge is 0.410 e. The number of aryl methyl sites for hydroxylation is 1. The zero-order chi connectivity index (χ0) is 15.2. The van der Waals surface area contributed by atoms with Gasteiger partial charge >= 0.3 is 6.09 Å². The third kappa shape index (κ3) is 4.05. The van der Waals surface area contributed by atoms with Gasteiger partial charge in [-0.05, 0) is 37.6 Å². The second-order valence-electron chi connectivity index (χ2n) is 4.69. The number of nitrogens with two attached hydrogens (primary N) is 1. The Morgan fingerprint density at radius 3 is 3.05 bits per heavy atom. The van der Waals surface area contributed by atoms with Crippen LogP contribution in [0.3, 0.4) is 0 Å². The van der Waals surface area contributed by atoms with Crippen LogP contribution in [0.5, 0.6) is 5.75 Å². The highest BCUT2D eigenvalue weighted by Gasteiger charge is 2.21. The van der Waals surface area contributed by atoms with E-state index in [0.29, 0.717) is 37.8 Å². The van der Waals surface area contributed by atoms with Crippen molar-refractivity contribution in [2.75, 3.05) is 32.0 Å². The van der Waals surface area contributed by atoms with Gasteiger partial charge in [0.15, 0.2) is 5.76 Å². The minimum atomic E-state index is -0.338. The quantitative estimate of drug-likeness (QED) is 0.683. The Kier molecular flexibility index (Phi) is 4.92. The van der Waals surface area contributed by atoms with Crippen LogP contribution in [0, 0.1) is 6.92 Å². The third-order valence-electron chi connectivity index (χ3n) is 3.09.